The molecule has 2 aliphatic heterocycles. The number of cyclic esters (lactones) is 1. The number of benzene rings is 2. The number of ether oxygens (including phenoxy) is 3. The minimum Gasteiger partial charge on any atom is -0.456 e. The summed E-state index contributed by atoms with van der Waals surface area (Å²) in [4.78, 5) is 25.8. The topological polar surface area (TPSA) is 73.9 Å². The van der Waals surface area contributed by atoms with Gasteiger partial charge in [0, 0.05) is 10.6 Å². The fraction of sp³-hybridized carbons (Fsp3) is 0.280. The molecule has 1 N–H and O–H groups in total. The Hall–Kier alpha value is -3.19. The molecule has 0 saturated heterocycles. The highest BCUT2D eigenvalue weighted by Gasteiger charge is 2.41. The third-order valence-electron chi connectivity index (χ3n) is 5.33. The van der Waals surface area contributed by atoms with E-state index in [1.165, 1.54) is 5.56 Å². The zero-order valence-corrected chi connectivity index (χ0v) is 18.9. The van der Waals surface area contributed by atoms with Gasteiger partial charge >= 0.3 is 12.1 Å². The summed E-state index contributed by atoms with van der Waals surface area (Å²) in [5.41, 5.74) is 4.01. The minimum atomic E-state index is -0.793. The normalized spacial score (nSPS) is 17.6. The number of aryl methyl sites for hydroxylation is 1. The number of nitrogens with one attached hydrogen (secondary N) is 1. The van der Waals surface area contributed by atoms with E-state index in [1.54, 1.807) is 18.7 Å². The molecule has 2 aliphatic rings. The Morgan fingerprint density at radius 2 is 1.91 bits per heavy atom. The van der Waals surface area contributed by atoms with Gasteiger partial charge in [-0.1, -0.05) is 48.5 Å². The Bertz CT molecular complexity index is 1080. The Morgan fingerprint density at radius 3 is 2.69 bits per heavy atom. The quantitative estimate of drug-likeness (QED) is 0.473. The van der Waals surface area contributed by atoms with Gasteiger partial charge in [-0.3, -0.25) is 0 Å². The van der Waals surface area contributed by atoms with Crippen LogP contribution in [-0.2, 0) is 25.4 Å². The number of dihydropyridines is 1. The van der Waals surface area contributed by atoms with E-state index in [2.05, 4.69) is 17.4 Å². The number of carbonyl (C=O) groups is 2. The van der Waals surface area contributed by atoms with Crippen LogP contribution in [0.25, 0.3) is 0 Å². The lowest BCUT2D eigenvalue weighted by atomic mass is 9.85. The number of hydrogen-bond donors (Lipinski definition) is 1. The largest absolute Gasteiger partial charge is 0.513 e. The number of thioether (sulfide) groups is 1. The highest BCUT2D eigenvalue weighted by Crippen LogP contribution is 2.44. The second kappa shape index (κ2) is 9.96. The van der Waals surface area contributed by atoms with Gasteiger partial charge in [0.2, 0.25) is 0 Å². The summed E-state index contributed by atoms with van der Waals surface area (Å²) in [6, 6.07) is 18.2. The van der Waals surface area contributed by atoms with Gasteiger partial charge in [-0.25, -0.2) is 9.59 Å². The van der Waals surface area contributed by atoms with E-state index in [9.17, 15) is 9.59 Å². The van der Waals surface area contributed by atoms with Crippen molar-refractivity contribution < 1.29 is 23.8 Å². The molecule has 6 nitrogen and oxygen atoms in total. The summed E-state index contributed by atoms with van der Waals surface area (Å²) < 4.78 is 15.9. The summed E-state index contributed by atoms with van der Waals surface area (Å²) in [5, 5.41) is 3.16. The Labute approximate surface area is 191 Å². The first-order valence-electron chi connectivity index (χ1n) is 10.6. The maximum absolute atomic E-state index is 12.6. The molecule has 0 fully saturated rings. The van der Waals surface area contributed by atoms with E-state index < -0.39 is 18.0 Å². The van der Waals surface area contributed by atoms with E-state index >= 15 is 0 Å². The first-order chi connectivity index (χ1) is 15.6. The summed E-state index contributed by atoms with van der Waals surface area (Å²) in [6.07, 6.45) is 0.126. The summed E-state index contributed by atoms with van der Waals surface area (Å²) in [6.45, 7) is 3.91. The molecule has 0 bridgehead atoms. The number of hydrogen-bond acceptors (Lipinski definition) is 7. The molecular formula is C25H25NO5S. The van der Waals surface area contributed by atoms with E-state index in [1.807, 2.05) is 49.4 Å². The van der Waals surface area contributed by atoms with Gasteiger partial charge in [-0.2, -0.15) is 0 Å². The van der Waals surface area contributed by atoms with Crippen LogP contribution in [0.5, 0.6) is 0 Å². The Kier molecular flexibility index (Phi) is 6.85. The monoisotopic (exact) mass is 451 g/mol. The molecule has 0 aromatic heterocycles. The summed E-state index contributed by atoms with van der Waals surface area (Å²) in [7, 11) is 0. The van der Waals surface area contributed by atoms with E-state index in [0.717, 1.165) is 22.6 Å². The van der Waals surface area contributed by atoms with Crippen LogP contribution in [0.4, 0.5) is 4.79 Å². The number of esters is 1. The van der Waals surface area contributed by atoms with Crippen molar-refractivity contribution in [3.8, 4) is 0 Å². The number of carbonyl (C=O) groups excluding carboxylic acids is 2. The van der Waals surface area contributed by atoms with Crippen molar-refractivity contribution in [1.29, 1.82) is 0 Å². The van der Waals surface area contributed by atoms with Crippen molar-refractivity contribution in [1.82, 2.24) is 5.32 Å². The zero-order valence-electron chi connectivity index (χ0n) is 18.1. The smallest absolute Gasteiger partial charge is 0.456 e. The van der Waals surface area contributed by atoms with Crippen molar-refractivity contribution in [2.45, 2.75) is 31.1 Å². The number of rotatable bonds is 7. The number of allylic oxidation sites excluding steroid dienone is 2. The van der Waals surface area contributed by atoms with Gasteiger partial charge in [0.15, 0.2) is 0 Å². The molecule has 4 rings (SSSR count). The SMILES string of the molecule is CCOC(=O)OC1=C(C)NC2=C(C(=O)OC2)C1c1ccccc1SCCc1ccccc1. The molecule has 0 amide bonds. The molecule has 0 radical (unpaired) electrons. The molecule has 2 aromatic carbocycles. The van der Waals surface area contributed by atoms with Gasteiger partial charge < -0.3 is 19.5 Å². The maximum Gasteiger partial charge on any atom is 0.513 e. The summed E-state index contributed by atoms with van der Waals surface area (Å²) >= 11 is 1.71. The Morgan fingerprint density at radius 1 is 1.16 bits per heavy atom. The van der Waals surface area contributed by atoms with Crippen molar-refractivity contribution in [2.75, 3.05) is 19.0 Å². The average molecular weight is 452 g/mol. The highest BCUT2D eigenvalue weighted by atomic mass is 32.2. The van der Waals surface area contributed by atoms with Crippen LogP contribution in [0.1, 0.15) is 30.9 Å². The van der Waals surface area contributed by atoms with Crippen LogP contribution in [-0.4, -0.2) is 31.1 Å². The highest BCUT2D eigenvalue weighted by molar-refractivity contribution is 7.99. The van der Waals surface area contributed by atoms with Crippen molar-refractivity contribution >= 4 is 23.9 Å². The molecule has 166 valence electrons. The van der Waals surface area contributed by atoms with Crippen LogP contribution in [0, 0.1) is 0 Å². The second-order valence-corrected chi connectivity index (χ2v) is 8.56. The van der Waals surface area contributed by atoms with Crippen LogP contribution in [0.15, 0.2) is 82.2 Å². The van der Waals surface area contributed by atoms with Gasteiger partial charge in [0.05, 0.1) is 29.5 Å². The van der Waals surface area contributed by atoms with Crippen LogP contribution in [0.2, 0.25) is 0 Å². The van der Waals surface area contributed by atoms with E-state index in [4.69, 9.17) is 14.2 Å². The van der Waals surface area contributed by atoms with Crippen molar-refractivity contribution in [2.24, 2.45) is 0 Å². The van der Waals surface area contributed by atoms with Crippen molar-refractivity contribution in [3.63, 3.8) is 0 Å². The Balaban J connectivity index is 1.66. The third-order valence-corrected chi connectivity index (χ3v) is 6.42. The molecule has 1 atom stereocenters. The van der Waals surface area contributed by atoms with Crippen molar-refractivity contribution in [3.05, 3.63) is 88.5 Å². The maximum atomic E-state index is 12.6. The average Bonchev–Trinajstić information content (AvgIpc) is 3.16. The lowest BCUT2D eigenvalue weighted by Gasteiger charge is -2.28. The lowest BCUT2D eigenvalue weighted by Crippen LogP contribution is -2.28. The third kappa shape index (κ3) is 4.67. The van der Waals surface area contributed by atoms with Gasteiger partial charge in [-0.15, -0.1) is 11.8 Å². The van der Waals surface area contributed by atoms with Gasteiger partial charge in [0.1, 0.15) is 12.4 Å². The molecular weight excluding hydrogens is 426 g/mol. The van der Waals surface area contributed by atoms with Crippen LogP contribution >= 0.6 is 11.8 Å². The molecule has 2 aromatic rings. The van der Waals surface area contributed by atoms with Gasteiger partial charge in [0.25, 0.3) is 0 Å². The molecule has 0 aliphatic carbocycles. The zero-order chi connectivity index (χ0) is 22.5. The predicted molar refractivity (Wildman–Crippen MR) is 122 cm³/mol. The summed E-state index contributed by atoms with van der Waals surface area (Å²) in [5.74, 6) is 0.279. The fourth-order valence-corrected chi connectivity index (χ4v) is 4.98. The minimum absolute atomic E-state index is 0.179. The predicted octanol–water partition coefficient (Wildman–Crippen LogP) is 4.92. The second-order valence-electron chi connectivity index (χ2n) is 7.42. The van der Waals surface area contributed by atoms with Crippen LogP contribution in [0.3, 0.4) is 0 Å². The molecule has 0 spiro atoms. The fourth-order valence-electron chi connectivity index (χ4n) is 3.89. The van der Waals surface area contributed by atoms with Gasteiger partial charge in [-0.05, 0) is 37.5 Å². The molecule has 2 heterocycles. The van der Waals surface area contributed by atoms with Crippen LogP contribution < -0.4 is 5.32 Å². The standard InChI is InChI=1S/C25H25NO5S/c1-3-29-25(28)31-23-16(2)26-19-15-30-24(27)22(19)21(23)18-11-7-8-12-20(18)32-14-13-17-9-5-4-6-10-17/h4-12,21,26H,3,13-15H2,1-2H3. The molecule has 7 heteroatoms. The molecule has 0 saturated carbocycles. The first-order valence-corrected chi connectivity index (χ1v) is 11.5. The first kappa shape index (κ1) is 22.0. The lowest BCUT2D eigenvalue weighted by molar-refractivity contribution is -0.136. The van der Waals surface area contributed by atoms with E-state index in [0.29, 0.717) is 22.7 Å². The molecule has 1 unspecified atom stereocenters. The van der Waals surface area contributed by atoms with E-state index in [-0.39, 0.29) is 13.2 Å². The molecule has 32 heavy (non-hydrogen) atoms.